The lowest BCUT2D eigenvalue weighted by molar-refractivity contribution is 0.353. The summed E-state index contributed by atoms with van der Waals surface area (Å²) in [7, 11) is 0. The van der Waals surface area contributed by atoms with Crippen molar-refractivity contribution in [2.45, 2.75) is 75.0 Å². The third-order valence-electron chi connectivity index (χ3n) is 15.2. The average molecular weight is 733 g/mol. The molecule has 2 spiro atoms. The number of anilines is 6. The van der Waals surface area contributed by atoms with Crippen molar-refractivity contribution >= 4 is 57.2 Å². The molecule has 0 N–H and O–H groups in total. The number of para-hydroxylation sites is 3. The Bertz CT molecular complexity index is 2790. The highest BCUT2D eigenvalue weighted by Gasteiger charge is 2.51. The molecule has 2 saturated carbocycles. The van der Waals surface area contributed by atoms with Gasteiger partial charge in [0.2, 0.25) is 0 Å². The van der Waals surface area contributed by atoms with E-state index in [4.69, 9.17) is 0 Å². The SMILES string of the molecule is c1ccc(N2c3ccccc3B3c4ccccc4N(c4ccc5c(c4)-c4ccccc4C54CCCCC4)c4cc5c(c2c43)-c2ccccc2C52CCCCC2)cc1. The largest absolute Gasteiger partial charge is 0.311 e. The summed E-state index contributed by atoms with van der Waals surface area (Å²) in [5.74, 6) is 0. The minimum absolute atomic E-state index is 0.0113. The van der Waals surface area contributed by atoms with Gasteiger partial charge in [0.1, 0.15) is 0 Å². The molecule has 4 aliphatic carbocycles. The van der Waals surface area contributed by atoms with E-state index in [0.29, 0.717) is 0 Å². The van der Waals surface area contributed by atoms with Gasteiger partial charge in [0, 0.05) is 44.8 Å². The van der Waals surface area contributed by atoms with Gasteiger partial charge < -0.3 is 9.80 Å². The fraction of sp³-hybridized carbons (Fsp3) is 0.222. The van der Waals surface area contributed by atoms with Crippen molar-refractivity contribution in [2.24, 2.45) is 0 Å². The molecule has 2 nitrogen and oxygen atoms in total. The van der Waals surface area contributed by atoms with Crippen molar-refractivity contribution in [1.82, 2.24) is 0 Å². The Kier molecular flexibility index (Phi) is 6.73. The zero-order chi connectivity index (χ0) is 37.3. The zero-order valence-corrected chi connectivity index (χ0v) is 32.5. The molecule has 0 unspecified atom stereocenters. The second-order valence-electron chi connectivity index (χ2n) is 17.7. The number of fused-ring (bicyclic) bond motifs is 15. The summed E-state index contributed by atoms with van der Waals surface area (Å²) in [5.41, 5.74) is 24.1. The van der Waals surface area contributed by atoms with Crippen LogP contribution in [0.1, 0.15) is 86.5 Å². The van der Waals surface area contributed by atoms with Crippen molar-refractivity contribution in [3.8, 4) is 22.3 Å². The van der Waals surface area contributed by atoms with E-state index in [9.17, 15) is 0 Å². The van der Waals surface area contributed by atoms with Crippen molar-refractivity contribution in [3.05, 3.63) is 174 Å². The van der Waals surface area contributed by atoms with Crippen LogP contribution in [0.3, 0.4) is 0 Å². The molecule has 0 radical (unpaired) electrons. The summed E-state index contributed by atoms with van der Waals surface area (Å²) in [5, 5.41) is 0. The molecule has 2 aliphatic heterocycles. The van der Waals surface area contributed by atoms with E-state index in [2.05, 4.69) is 161 Å². The van der Waals surface area contributed by atoms with E-state index in [1.165, 1.54) is 148 Å². The topological polar surface area (TPSA) is 6.48 Å². The molecular weight excluding hydrogens is 687 g/mol. The molecule has 0 bridgehead atoms. The molecule has 3 heteroatoms. The minimum Gasteiger partial charge on any atom is -0.311 e. The van der Waals surface area contributed by atoms with Crippen molar-refractivity contribution in [3.63, 3.8) is 0 Å². The van der Waals surface area contributed by atoms with Crippen LogP contribution in [0.4, 0.5) is 34.1 Å². The molecule has 6 aliphatic rings. The molecule has 0 atom stereocenters. The second-order valence-corrected chi connectivity index (χ2v) is 17.7. The highest BCUT2D eigenvalue weighted by molar-refractivity contribution is 7.00. The summed E-state index contributed by atoms with van der Waals surface area (Å²) < 4.78 is 0. The molecular formula is C54H45BN2. The van der Waals surface area contributed by atoms with Gasteiger partial charge >= 0.3 is 0 Å². The quantitative estimate of drug-likeness (QED) is 0.163. The van der Waals surface area contributed by atoms with Crippen LogP contribution in [0, 0.1) is 0 Å². The second kappa shape index (κ2) is 11.9. The van der Waals surface area contributed by atoms with Gasteiger partial charge in [0.25, 0.3) is 6.71 Å². The van der Waals surface area contributed by atoms with Gasteiger partial charge in [0.15, 0.2) is 0 Å². The molecule has 0 amide bonds. The van der Waals surface area contributed by atoms with Crippen molar-refractivity contribution in [1.29, 1.82) is 0 Å². The standard InChI is InChI=1S/C54H45BN2/c1-4-18-36(19-5-1)57-48-27-13-11-25-46(48)55-45-24-10-12-26-47(45)56(37-28-29-43-40(34-37)38-20-6-8-22-41(38)53(43)30-14-2-15-31-53)49-35-44-50(52(57)51(49)55)39-21-7-9-23-42(39)54(44)32-16-3-17-33-54/h1,4-13,18-29,34-35H,2-3,14-17,30-33H2. The highest BCUT2D eigenvalue weighted by atomic mass is 15.2. The molecule has 13 rings (SSSR count). The first-order valence-corrected chi connectivity index (χ1v) is 21.7. The third kappa shape index (κ3) is 4.17. The first-order chi connectivity index (χ1) is 28.3. The molecule has 2 fully saturated rings. The average Bonchev–Trinajstić information content (AvgIpc) is 3.69. The van der Waals surface area contributed by atoms with Crippen LogP contribution in [-0.4, -0.2) is 6.71 Å². The summed E-state index contributed by atoms with van der Waals surface area (Å²) in [4.78, 5) is 5.32. The number of hydrogen-bond acceptors (Lipinski definition) is 2. The van der Waals surface area contributed by atoms with Crippen LogP contribution in [-0.2, 0) is 10.8 Å². The fourth-order valence-corrected chi connectivity index (χ4v) is 13.0. The molecule has 7 aromatic carbocycles. The number of benzene rings is 7. The maximum atomic E-state index is 2.70. The van der Waals surface area contributed by atoms with E-state index in [1.54, 1.807) is 11.1 Å². The van der Waals surface area contributed by atoms with Gasteiger partial charge in [-0.05, 0) is 123 Å². The Hall–Kier alpha value is -5.80. The fourth-order valence-electron chi connectivity index (χ4n) is 13.0. The van der Waals surface area contributed by atoms with E-state index >= 15 is 0 Å². The first kappa shape index (κ1) is 32.3. The summed E-state index contributed by atoms with van der Waals surface area (Å²) >= 11 is 0. The molecule has 2 heterocycles. The lowest BCUT2D eigenvalue weighted by Gasteiger charge is -2.46. The highest BCUT2D eigenvalue weighted by Crippen LogP contribution is 2.62. The molecule has 0 saturated heterocycles. The van der Waals surface area contributed by atoms with E-state index in [-0.39, 0.29) is 17.5 Å². The summed E-state index contributed by atoms with van der Waals surface area (Å²) in [6.07, 6.45) is 12.7. The van der Waals surface area contributed by atoms with E-state index < -0.39 is 0 Å². The number of nitrogens with zero attached hydrogens (tertiary/aromatic N) is 2. The van der Waals surface area contributed by atoms with Gasteiger partial charge in [-0.3, -0.25) is 0 Å². The monoisotopic (exact) mass is 732 g/mol. The maximum absolute atomic E-state index is 2.70. The Morgan fingerprint density at radius 3 is 1.63 bits per heavy atom. The Labute approximate surface area is 336 Å². The smallest absolute Gasteiger partial charge is 0.252 e. The van der Waals surface area contributed by atoms with Crippen LogP contribution in [0.25, 0.3) is 22.3 Å². The maximum Gasteiger partial charge on any atom is 0.252 e. The lowest BCUT2D eigenvalue weighted by Crippen LogP contribution is -2.61. The minimum atomic E-state index is 0.0113. The van der Waals surface area contributed by atoms with Crippen LogP contribution in [0.2, 0.25) is 0 Å². The Morgan fingerprint density at radius 1 is 0.386 bits per heavy atom. The number of rotatable bonds is 2. The summed E-state index contributed by atoms with van der Waals surface area (Å²) in [6, 6.07) is 58.9. The van der Waals surface area contributed by atoms with Gasteiger partial charge in [-0.1, -0.05) is 148 Å². The molecule has 7 aromatic rings. The first-order valence-electron chi connectivity index (χ1n) is 21.7. The van der Waals surface area contributed by atoms with Crippen LogP contribution in [0.15, 0.2) is 152 Å². The van der Waals surface area contributed by atoms with E-state index in [0.717, 1.165) is 0 Å². The predicted octanol–water partition coefficient (Wildman–Crippen LogP) is 12.2. The third-order valence-corrected chi connectivity index (χ3v) is 15.2. The Morgan fingerprint density at radius 2 is 0.930 bits per heavy atom. The van der Waals surface area contributed by atoms with Crippen molar-refractivity contribution in [2.75, 3.05) is 9.80 Å². The van der Waals surface area contributed by atoms with Gasteiger partial charge in [0.05, 0.1) is 5.69 Å². The van der Waals surface area contributed by atoms with Gasteiger partial charge in [-0.15, -0.1) is 0 Å². The van der Waals surface area contributed by atoms with Crippen LogP contribution < -0.4 is 26.2 Å². The molecule has 57 heavy (non-hydrogen) atoms. The molecule has 274 valence electrons. The summed E-state index contributed by atoms with van der Waals surface area (Å²) in [6.45, 7) is 0.111. The zero-order valence-electron chi connectivity index (χ0n) is 32.5. The Balaban J connectivity index is 1.15. The number of hydrogen-bond donors (Lipinski definition) is 0. The van der Waals surface area contributed by atoms with E-state index in [1.807, 2.05) is 0 Å². The van der Waals surface area contributed by atoms with Gasteiger partial charge in [-0.2, -0.15) is 0 Å². The van der Waals surface area contributed by atoms with Crippen molar-refractivity contribution < 1.29 is 0 Å². The van der Waals surface area contributed by atoms with Gasteiger partial charge in [-0.25, -0.2) is 0 Å². The predicted molar refractivity (Wildman–Crippen MR) is 239 cm³/mol. The van der Waals surface area contributed by atoms with Crippen LogP contribution >= 0.6 is 0 Å². The molecule has 0 aromatic heterocycles. The normalized spacial score (nSPS) is 18.4. The van der Waals surface area contributed by atoms with Crippen LogP contribution in [0.5, 0.6) is 0 Å². The lowest BCUT2D eigenvalue weighted by atomic mass is 9.33.